The van der Waals surface area contributed by atoms with Gasteiger partial charge in [-0.05, 0) is 38.6 Å². The van der Waals surface area contributed by atoms with Crippen LogP contribution in [0.15, 0.2) is 29.8 Å². The zero-order valence-corrected chi connectivity index (χ0v) is 13.7. The molecule has 0 fully saturated rings. The van der Waals surface area contributed by atoms with Crippen LogP contribution >= 0.6 is 11.3 Å². The number of likely N-dealkylation sites (N-methyl/N-ethyl adjacent to an activating group) is 1. The number of rotatable bonds is 7. The maximum atomic E-state index is 5.98. The van der Waals surface area contributed by atoms with Gasteiger partial charge in [0, 0.05) is 24.0 Å². The molecule has 0 spiro atoms. The number of hydrogen-bond donors (Lipinski definition) is 1. The second-order valence-corrected chi connectivity index (χ2v) is 5.97. The molecule has 1 atom stereocenters. The Balaban J connectivity index is 2.09. The second kappa shape index (κ2) is 7.54. The van der Waals surface area contributed by atoms with E-state index in [-0.39, 0.29) is 6.04 Å². The fourth-order valence-corrected chi connectivity index (χ4v) is 3.18. The average Bonchev–Trinajstić information content (AvgIpc) is 2.87. The third-order valence-corrected chi connectivity index (χ3v) is 4.49. The summed E-state index contributed by atoms with van der Waals surface area (Å²) in [6, 6.07) is 8.40. The van der Waals surface area contributed by atoms with E-state index in [1.165, 1.54) is 10.4 Å². The number of nitrogens with two attached hydrogens (primary N) is 1. The summed E-state index contributed by atoms with van der Waals surface area (Å²) in [5.41, 5.74) is 10.2. The fourth-order valence-electron chi connectivity index (χ4n) is 2.34. The Morgan fingerprint density at radius 3 is 2.57 bits per heavy atom. The van der Waals surface area contributed by atoms with E-state index >= 15 is 0 Å². The third-order valence-electron chi connectivity index (χ3n) is 3.57. The Labute approximate surface area is 130 Å². The molecule has 0 aliphatic heterocycles. The van der Waals surface area contributed by atoms with Crippen molar-refractivity contribution in [2.75, 3.05) is 20.2 Å². The molecule has 0 aliphatic rings. The van der Waals surface area contributed by atoms with Crippen LogP contribution in [0, 0.1) is 6.92 Å². The van der Waals surface area contributed by atoms with Gasteiger partial charge in [0.05, 0.1) is 17.8 Å². The van der Waals surface area contributed by atoms with E-state index in [9.17, 15) is 0 Å². The highest BCUT2D eigenvalue weighted by atomic mass is 32.1. The summed E-state index contributed by atoms with van der Waals surface area (Å²) in [5.74, 6) is 0.901. The van der Waals surface area contributed by atoms with E-state index in [1.807, 2.05) is 31.5 Å². The van der Waals surface area contributed by atoms with Gasteiger partial charge in [0.25, 0.3) is 0 Å². The lowest BCUT2D eigenvalue weighted by molar-refractivity contribution is 0.243. The molecule has 114 valence electrons. The van der Waals surface area contributed by atoms with E-state index in [4.69, 9.17) is 10.5 Å². The molecule has 0 aliphatic carbocycles. The first-order valence-corrected chi connectivity index (χ1v) is 8.05. The summed E-state index contributed by atoms with van der Waals surface area (Å²) in [6.07, 6.45) is 0. The van der Waals surface area contributed by atoms with Crippen molar-refractivity contribution in [2.24, 2.45) is 5.73 Å². The van der Waals surface area contributed by atoms with Gasteiger partial charge >= 0.3 is 0 Å². The predicted octanol–water partition coefficient (Wildman–Crippen LogP) is 2.98. The molecule has 2 aromatic rings. The van der Waals surface area contributed by atoms with Gasteiger partial charge in [-0.15, -0.1) is 11.3 Å². The predicted molar refractivity (Wildman–Crippen MR) is 87.7 cm³/mol. The number of aromatic nitrogens is 1. The lowest BCUT2D eigenvalue weighted by Crippen LogP contribution is -2.30. The highest BCUT2D eigenvalue weighted by Gasteiger charge is 2.17. The van der Waals surface area contributed by atoms with Gasteiger partial charge in [0.2, 0.25) is 0 Å². The third kappa shape index (κ3) is 4.03. The van der Waals surface area contributed by atoms with Crippen LogP contribution in [0.1, 0.15) is 29.1 Å². The van der Waals surface area contributed by atoms with Crippen LogP contribution in [0.4, 0.5) is 0 Å². The summed E-state index contributed by atoms with van der Waals surface area (Å²) in [6.45, 7) is 6.17. The Kier molecular flexibility index (Phi) is 5.73. The molecule has 4 nitrogen and oxygen atoms in total. The average molecular weight is 305 g/mol. The molecule has 1 aromatic carbocycles. The summed E-state index contributed by atoms with van der Waals surface area (Å²) in [7, 11) is 2.10. The standard InChI is InChI=1S/C16H23N3OS/c1-4-20-14-7-5-13(6-8-14)15(9-17)19(3)10-16-12(2)18-11-21-16/h5-8,11,15H,4,9-10,17H2,1-3H3. The monoisotopic (exact) mass is 305 g/mol. The van der Waals surface area contributed by atoms with Crippen LogP contribution in [0.2, 0.25) is 0 Å². The number of nitrogens with zero attached hydrogens (tertiary/aromatic N) is 2. The van der Waals surface area contributed by atoms with Gasteiger partial charge < -0.3 is 10.5 Å². The molecule has 2 rings (SSSR count). The largest absolute Gasteiger partial charge is 0.494 e. The van der Waals surface area contributed by atoms with Crippen LogP contribution in [0.3, 0.4) is 0 Å². The number of aryl methyl sites for hydroxylation is 1. The Morgan fingerprint density at radius 1 is 1.33 bits per heavy atom. The number of thiazole rings is 1. The van der Waals surface area contributed by atoms with Crippen molar-refractivity contribution < 1.29 is 4.74 Å². The van der Waals surface area contributed by atoms with Crippen molar-refractivity contribution in [2.45, 2.75) is 26.4 Å². The molecule has 5 heteroatoms. The molecule has 0 radical (unpaired) electrons. The molecule has 1 aromatic heterocycles. The van der Waals surface area contributed by atoms with Crippen LogP contribution in [0.5, 0.6) is 5.75 Å². The van der Waals surface area contributed by atoms with Crippen LogP contribution in [0.25, 0.3) is 0 Å². The maximum absolute atomic E-state index is 5.98. The minimum Gasteiger partial charge on any atom is -0.494 e. The molecule has 21 heavy (non-hydrogen) atoms. The molecular weight excluding hydrogens is 282 g/mol. The van der Waals surface area contributed by atoms with Gasteiger partial charge in [-0.1, -0.05) is 12.1 Å². The van der Waals surface area contributed by atoms with Gasteiger partial charge in [0.1, 0.15) is 5.75 Å². The molecule has 0 saturated carbocycles. The molecule has 1 unspecified atom stereocenters. The minimum atomic E-state index is 0.196. The number of hydrogen-bond acceptors (Lipinski definition) is 5. The summed E-state index contributed by atoms with van der Waals surface area (Å²) >= 11 is 1.70. The molecule has 0 amide bonds. The van der Waals surface area contributed by atoms with E-state index < -0.39 is 0 Å². The van der Waals surface area contributed by atoms with Crippen LogP contribution in [-0.4, -0.2) is 30.1 Å². The first-order chi connectivity index (χ1) is 10.2. The zero-order chi connectivity index (χ0) is 15.2. The highest BCUT2D eigenvalue weighted by Crippen LogP contribution is 2.24. The minimum absolute atomic E-state index is 0.196. The topological polar surface area (TPSA) is 51.4 Å². The number of benzene rings is 1. The zero-order valence-electron chi connectivity index (χ0n) is 12.9. The van der Waals surface area contributed by atoms with Gasteiger partial charge in [-0.25, -0.2) is 4.98 Å². The molecule has 0 saturated heterocycles. The number of ether oxygens (including phenoxy) is 1. The molecular formula is C16H23N3OS. The summed E-state index contributed by atoms with van der Waals surface area (Å²) < 4.78 is 5.48. The summed E-state index contributed by atoms with van der Waals surface area (Å²) in [4.78, 5) is 7.87. The maximum Gasteiger partial charge on any atom is 0.119 e. The van der Waals surface area contributed by atoms with Crippen LogP contribution < -0.4 is 10.5 Å². The van der Waals surface area contributed by atoms with Crippen molar-refractivity contribution in [1.29, 1.82) is 0 Å². The lowest BCUT2D eigenvalue weighted by atomic mass is 10.1. The van der Waals surface area contributed by atoms with Gasteiger partial charge in [-0.2, -0.15) is 0 Å². The van der Waals surface area contributed by atoms with Gasteiger partial charge in [0.15, 0.2) is 0 Å². The smallest absolute Gasteiger partial charge is 0.119 e. The SMILES string of the molecule is CCOc1ccc(C(CN)N(C)Cc2scnc2C)cc1. The van der Waals surface area contributed by atoms with Crippen molar-refractivity contribution in [1.82, 2.24) is 9.88 Å². The van der Waals surface area contributed by atoms with Crippen LogP contribution in [-0.2, 0) is 6.54 Å². The van der Waals surface area contributed by atoms with E-state index in [1.54, 1.807) is 11.3 Å². The molecule has 2 N–H and O–H groups in total. The first-order valence-electron chi connectivity index (χ1n) is 7.17. The van der Waals surface area contributed by atoms with Crippen molar-refractivity contribution >= 4 is 11.3 Å². The van der Waals surface area contributed by atoms with E-state index in [2.05, 4.69) is 29.1 Å². The van der Waals surface area contributed by atoms with E-state index in [0.717, 1.165) is 18.0 Å². The fraction of sp³-hybridized carbons (Fsp3) is 0.438. The van der Waals surface area contributed by atoms with Crippen molar-refractivity contribution in [3.05, 3.63) is 45.9 Å². The summed E-state index contributed by atoms with van der Waals surface area (Å²) in [5, 5.41) is 0. The molecule has 0 bridgehead atoms. The van der Waals surface area contributed by atoms with Crippen molar-refractivity contribution in [3.8, 4) is 5.75 Å². The first kappa shape index (κ1) is 15.9. The lowest BCUT2D eigenvalue weighted by Gasteiger charge is -2.27. The Hall–Kier alpha value is -1.43. The van der Waals surface area contributed by atoms with Crippen molar-refractivity contribution in [3.63, 3.8) is 0 Å². The Bertz CT molecular complexity index is 553. The van der Waals surface area contributed by atoms with Gasteiger partial charge in [-0.3, -0.25) is 4.90 Å². The Morgan fingerprint density at radius 2 is 2.05 bits per heavy atom. The second-order valence-electron chi connectivity index (χ2n) is 5.03. The normalized spacial score (nSPS) is 12.6. The highest BCUT2D eigenvalue weighted by molar-refractivity contribution is 7.09. The molecule has 1 heterocycles. The van der Waals surface area contributed by atoms with E-state index in [0.29, 0.717) is 13.2 Å². The quantitative estimate of drug-likeness (QED) is 0.854.